The summed E-state index contributed by atoms with van der Waals surface area (Å²) < 4.78 is 4.67. The SMILES string of the molecule is COC(=O)CC(C)C1CCC(N)CC1. The van der Waals surface area contributed by atoms with E-state index in [4.69, 9.17) is 5.73 Å². The predicted octanol–water partition coefficient (Wildman–Crippen LogP) is 1.70. The topological polar surface area (TPSA) is 52.3 Å². The van der Waals surface area contributed by atoms with Crippen LogP contribution in [0.1, 0.15) is 39.0 Å². The number of methoxy groups -OCH3 is 1. The van der Waals surface area contributed by atoms with Crippen molar-refractivity contribution in [3.63, 3.8) is 0 Å². The number of nitrogens with two attached hydrogens (primary N) is 1. The molecular formula is C11H21NO2. The van der Waals surface area contributed by atoms with Gasteiger partial charge in [-0.05, 0) is 37.5 Å². The zero-order valence-corrected chi connectivity index (χ0v) is 9.16. The van der Waals surface area contributed by atoms with E-state index < -0.39 is 0 Å². The minimum atomic E-state index is -0.0904. The van der Waals surface area contributed by atoms with Gasteiger partial charge in [0.05, 0.1) is 7.11 Å². The normalized spacial score (nSPS) is 29.6. The molecule has 1 atom stereocenters. The van der Waals surface area contributed by atoms with Crippen LogP contribution in [0.2, 0.25) is 0 Å². The van der Waals surface area contributed by atoms with Crippen LogP contribution >= 0.6 is 0 Å². The van der Waals surface area contributed by atoms with Gasteiger partial charge in [-0.25, -0.2) is 0 Å². The Hall–Kier alpha value is -0.570. The molecule has 1 saturated carbocycles. The van der Waals surface area contributed by atoms with E-state index in [9.17, 15) is 4.79 Å². The third kappa shape index (κ3) is 3.29. The van der Waals surface area contributed by atoms with Gasteiger partial charge in [-0.15, -0.1) is 0 Å². The third-order valence-corrected chi connectivity index (χ3v) is 3.34. The second-order valence-electron chi connectivity index (χ2n) is 4.43. The molecule has 1 rings (SSSR count). The van der Waals surface area contributed by atoms with E-state index in [2.05, 4.69) is 11.7 Å². The van der Waals surface area contributed by atoms with Crippen molar-refractivity contribution in [1.29, 1.82) is 0 Å². The summed E-state index contributed by atoms with van der Waals surface area (Å²) in [5.74, 6) is 1.01. The van der Waals surface area contributed by atoms with E-state index in [1.165, 1.54) is 20.0 Å². The van der Waals surface area contributed by atoms with Gasteiger partial charge in [0, 0.05) is 12.5 Å². The molecule has 0 spiro atoms. The molecule has 1 fully saturated rings. The summed E-state index contributed by atoms with van der Waals surface area (Å²) in [5.41, 5.74) is 5.83. The maximum absolute atomic E-state index is 11.1. The Labute approximate surface area is 86.0 Å². The Morgan fingerprint density at radius 3 is 2.50 bits per heavy atom. The van der Waals surface area contributed by atoms with Gasteiger partial charge in [-0.3, -0.25) is 4.79 Å². The largest absolute Gasteiger partial charge is 0.469 e. The molecule has 0 amide bonds. The van der Waals surface area contributed by atoms with E-state index >= 15 is 0 Å². The maximum atomic E-state index is 11.1. The molecule has 1 aliphatic carbocycles. The lowest BCUT2D eigenvalue weighted by molar-refractivity contribution is -0.142. The van der Waals surface area contributed by atoms with Crippen molar-refractivity contribution < 1.29 is 9.53 Å². The first-order valence-electron chi connectivity index (χ1n) is 5.46. The van der Waals surface area contributed by atoms with Crippen molar-refractivity contribution in [3.8, 4) is 0 Å². The highest BCUT2D eigenvalue weighted by atomic mass is 16.5. The van der Waals surface area contributed by atoms with E-state index in [1.54, 1.807) is 0 Å². The summed E-state index contributed by atoms with van der Waals surface area (Å²) in [6.07, 6.45) is 5.10. The molecule has 1 unspecified atom stereocenters. The fourth-order valence-corrected chi connectivity index (χ4v) is 2.23. The summed E-state index contributed by atoms with van der Waals surface area (Å²) in [4.78, 5) is 11.1. The first-order valence-corrected chi connectivity index (χ1v) is 5.46. The van der Waals surface area contributed by atoms with Crippen LogP contribution < -0.4 is 5.73 Å². The summed E-state index contributed by atoms with van der Waals surface area (Å²) in [5, 5.41) is 0. The highest BCUT2D eigenvalue weighted by Gasteiger charge is 2.24. The lowest BCUT2D eigenvalue weighted by Gasteiger charge is -2.30. The highest BCUT2D eigenvalue weighted by molar-refractivity contribution is 5.69. The quantitative estimate of drug-likeness (QED) is 0.704. The molecule has 82 valence electrons. The molecule has 3 nitrogen and oxygen atoms in total. The van der Waals surface area contributed by atoms with Crippen molar-refractivity contribution in [1.82, 2.24) is 0 Å². The Balaban J connectivity index is 2.30. The Morgan fingerprint density at radius 1 is 1.43 bits per heavy atom. The molecule has 0 saturated heterocycles. The van der Waals surface area contributed by atoms with Crippen LogP contribution in [0.5, 0.6) is 0 Å². The van der Waals surface area contributed by atoms with Crippen LogP contribution in [0.25, 0.3) is 0 Å². The smallest absolute Gasteiger partial charge is 0.305 e. The van der Waals surface area contributed by atoms with Crippen molar-refractivity contribution in [2.45, 2.75) is 45.1 Å². The molecule has 0 radical (unpaired) electrons. The number of hydrogen-bond donors (Lipinski definition) is 1. The second kappa shape index (κ2) is 5.35. The fraction of sp³-hybridized carbons (Fsp3) is 0.909. The Morgan fingerprint density at radius 2 is 2.00 bits per heavy atom. The van der Waals surface area contributed by atoms with E-state index in [-0.39, 0.29) is 5.97 Å². The molecule has 3 heteroatoms. The summed E-state index contributed by atoms with van der Waals surface area (Å²) in [7, 11) is 1.45. The van der Waals surface area contributed by atoms with Gasteiger partial charge in [-0.2, -0.15) is 0 Å². The van der Waals surface area contributed by atoms with Gasteiger partial charge < -0.3 is 10.5 Å². The zero-order valence-electron chi connectivity index (χ0n) is 9.16. The molecule has 1 aliphatic rings. The fourth-order valence-electron chi connectivity index (χ4n) is 2.23. The second-order valence-corrected chi connectivity index (χ2v) is 4.43. The Kier molecular flexibility index (Phi) is 4.39. The van der Waals surface area contributed by atoms with E-state index in [0.29, 0.717) is 24.3 Å². The number of rotatable bonds is 3. The Bertz CT molecular complexity index is 186. The lowest BCUT2D eigenvalue weighted by atomic mass is 9.78. The number of hydrogen-bond acceptors (Lipinski definition) is 3. The molecule has 0 aromatic carbocycles. The first kappa shape index (κ1) is 11.5. The van der Waals surface area contributed by atoms with Crippen LogP contribution in [0.15, 0.2) is 0 Å². The molecule has 0 heterocycles. The number of esters is 1. The summed E-state index contributed by atoms with van der Waals surface area (Å²) in [6.45, 7) is 2.14. The molecule has 0 aliphatic heterocycles. The van der Waals surface area contributed by atoms with Crippen molar-refractivity contribution in [3.05, 3.63) is 0 Å². The van der Waals surface area contributed by atoms with Crippen LogP contribution in [-0.4, -0.2) is 19.1 Å². The first-order chi connectivity index (χ1) is 6.63. The average Bonchev–Trinajstić information content (AvgIpc) is 2.18. The molecular weight excluding hydrogens is 178 g/mol. The van der Waals surface area contributed by atoms with Crippen LogP contribution in [0, 0.1) is 11.8 Å². The molecule has 0 aromatic heterocycles. The van der Waals surface area contributed by atoms with Gasteiger partial charge >= 0.3 is 5.97 Å². The predicted molar refractivity (Wildman–Crippen MR) is 55.7 cm³/mol. The van der Waals surface area contributed by atoms with Gasteiger partial charge in [0.25, 0.3) is 0 Å². The number of carbonyl (C=O) groups is 1. The van der Waals surface area contributed by atoms with E-state index in [1.807, 2.05) is 0 Å². The average molecular weight is 199 g/mol. The number of ether oxygens (including phenoxy) is 1. The highest BCUT2D eigenvalue weighted by Crippen LogP contribution is 2.31. The maximum Gasteiger partial charge on any atom is 0.305 e. The molecule has 2 N–H and O–H groups in total. The van der Waals surface area contributed by atoms with Gasteiger partial charge in [0.2, 0.25) is 0 Å². The molecule has 14 heavy (non-hydrogen) atoms. The summed E-state index contributed by atoms with van der Waals surface area (Å²) in [6, 6.07) is 0.386. The monoisotopic (exact) mass is 199 g/mol. The van der Waals surface area contributed by atoms with Crippen LogP contribution in [-0.2, 0) is 9.53 Å². The van der Waals surface area contributed by atoms with Crippen molar-refractivity contribution in [2.24, 2.45) is 17.6 Å². The van der Waals surface area contributed by atoms with Crippen molar-refractivity contribution in [2.75, 3.05) is 7.11 Å². The zero-order chi connectivity index (χ0) is 10.6. The third-order valence-electron chi connectivity index (χ3n) is 3.34. The minimum absolute atomic E-state index is 0.0904. The van der Waals surface area contributed by atoms with Crippen LogP contribution in [0.4, 0.5) is 0 Å². The van der Waals surface area contributed by atoms with Crippen LogP contribution in [0.3, 0.4) is 0 Å². The molecule has 0 bridgehead atoms. The summed E-state index contributed by atoms with van der Waals surface area (Å²) >= 11 is 0. The van der Waals surface area contributed by atoms with Gasteiger partial charge in [0.1, 0.15) is 0 Å². The molecule has 0 aromatic rings. The lowest BCUT2D eigenvalue weighted by Crippen LogP contribution is -2.29. The van der Waals surface area contributed by atoms with E-state index in [0.717, 1.165) is 12.8 Å². The minimum Gasteiger partial charge on any atom is -0.469 e. The van der Waals surface area contributed by atoms with Crippen molar-refractivity contribution >= 4 is 5.97 Å². The number of carbonyl (C=O) groups excluding carboxylic acids is 1. The van der Waals surface area contributed by atoms with Gasteiger partial charge in [0.15, 0.2) is 0 Å². The standard InChI is InChI=1S/C11H21NO2/c1-8(7-11(13)14-2)9-3-5-10(12)6-4-9/h8-10H,3-7,12H2,1-2H3. The van der Waals surface area contributed by atoms with Gasteiger partial charge in [-0.1, -0.05) is 6.92 Å².